The molecule has 0 aliphatic carbocycles. The minimum absolute atomic E-state index is 0.280. The van der Waals surface area contributed by atoms with Gasteiger partial charge in [-0.1, -0.05) is 18.2 Å². The fourth-order valence-corrected chi connectivity index (χ4v) is 3.46. The van der Waals surface area contributed by atoms with Crippen LogP contribution in [0, 0.1) is 5.82 Å². The van der Waals surface area contributed by atoms with E-state index in [1.807, 2.05) is 12.1 Å². The fourth-order valence-electron chi connectivity index (χ4n) is 3.46. The predicted octanol–water partition coefficient (Wildman–Crippen LogP) is 2.41. The minimum atomic E-state index is -0.587. The second kappa shape index (κ2) is 7.61. The smallest absolute Gasteiger partial charge is 0.231 e. The molecule has 0 spiro atoms. The summed E-state index contributed by atoms with van der Waals surface area (Å²) < 4.78 is 23.8. The first-order valence-corrected chi connectivity index (χ1v) is 8.94. The average molecular weight is 358 g/mol. The SMILES string of the molecule is O[C@H](CN1CCN(Cc2ccc3c(c2)OCO3)CC1)c1ccc(F)cc1. The number of fused-ring (bicyclic) bond motifs is 1. The van der Waals surface area contributed by atoms with Gasteiger partial charge in [0.2, 0.25) is 6.79 Å². The molecular formula is C20H23FN2O3. The number of ether oxygens (including phenoxy) is 2. The van der Waals surface area contributed by atoms with E-state index in [4.69, 9.17) is 9.47 Å². The van der Waals surface area contributed by atoms with Crippen molar-refractivity contribution < 1.29 is 19.0 Å². The highest BCUT2D eigenvalue weighted by atomic mass is 19.1. The van der Waals surface area contributed by atoms with Gasteiger partial charge in [-0.3, -0.25) is 9.80 Å². The average Bonchev–Trinajstić information content (AvgIpc) is 3.12. The van der Waals surface area contributed by atoms with E-state index in [1.54, 1.807) is 12.1 Å². The summed E-state index contributed by atoms with van der Waals surface area (Å²) in [5.41, 5.74) is 1.98. The molecule has 138 valence electrons. The van der Waals surface area contributed by atoms with Crippen molar-refractivity contribution in [3.8, 4) is 11.5 Å². The molecule has 2 aliphatic rings. The predicted molar refractivity (Wildman–Crippen MR) is 95.6 cm³/mol. The third-order valence-electron chi connectivity index (χ3n) is 4.99. The van der Waals surface area contributed by atoms with Crippen molar-refractivity contribution in [2.75, 3.05) is 39.5 Å². The van der Waals surface area contributed by atoms with Gasteiger partial charge >= 0.3 is 0 Å². The molecule has 1 saturated heterocycles. The Morgan fingerprint density at radius 3 is 2.38 bits per heavy atom. The van der Waals surface area contributed by atoms with E-state index in [2.05, 4.69) is 15.9 Å². The first-order chi connectivity index (χ1) is 12.7. The van der Waals surface area contributed by atoms with Crippen molar-refractivity contribution in [3.05, 3.63) is 59.4 Å². The van der Waals surface area contributed by atoms with E-state index < -0.39 is 6.10 Å². The Labute approximate surface area is 152 Å². The molecule has 1 N–H and O–H groups in total. The van der Waals surface area contributed by atoms with Crippen LogP contribution < -0.4 is 9.47 Å². The van der Waals surface area contributed by atoms with Crippen LogP contribution in [0.4, 0.5) is 4.39 Å². The summed E-state index contributed by atoms with van der Waals surface area (Å²) in [6.45, 7) is 5.46. The molecule has 6 heteroatoms. The fraction of sp³-hybridized carbons (Fsp3) is 0.400. The Bertz CT molecular complexity index is 745. The number of hydrogen-bond acceptors (Lipinski definition) is 5. The third-order valence-corrected chi connectivity index (χ3v) is 4.99. The molecule has 0 saturated carbocycles. The lowest BCUT2D eigenvalue weighted by Crippen LogP contribution is -2.47. The lowest BCUT2D eigenvalue weighted by molar-refractivity contribution is 0.0700. The van der Waals surface area contributed by atoms with Gasteiger partial charge in [-0.05, 0) is 35.4 Å². The molecule has 2 aliphatic heterocycles. The van der Waals surface area contributed by atoms with Crippen molar-refractivity contribution in [2.45, 2.75) is 12.6 Å². The normalized spacial score (nSPS) is 18.8. The molecule has 0 radical (unpaired) electrons. The second-order valence-electron chi connectivity index (χ2n) is 6.83. The van der Waals surface area contributed by atoms with Gasteiger partial charge in [-0.25, -0.2) is 4.39 Å². The number of halogens is 1. The van der Waals surface area contributed by atoms with Crippen LogP contribution in [0.3, 0.4) is 0 Å². The number of aliphatic hydroxyl groups is 1. The maximum Gasteiger partial charge on any atom is 0.231 e. The number of piperazine rings is 1. The second-order valence-corrected chi connectivity index (χ2v) is 6.83. The van der Waals surface area contributed by atoms with E-state index >= 15 is 0 Å². The largest absolute Gasteiger partial charge is 0.454 e. The van der Waals surface area contributed by atoms with Gasteiger partial charge in [0.15, 0.2) is 11.5 Å². The molecular weight excluding hydrogens is 335 g/mol. The number of hydrogen-bond donors (Lipinski definition) is 1. The molecule has 1 fully saturated rings. The van der Waals surface area contributed by atoms with Crippen molar-refractivity contribution in [3.63, 3.8) is 0 Å². The van der Waals surface area contributed by atoms with Gasteiger partial charge in [-0.2, -0.15) is 0 Å². The van der Waals surface area contributed by atoms with E-state index in [9.17, 15) is 9.50 Å². The highest BCUT2D eigenvalue weighted by Crippen LogP contribution is 2.32. The topological polar surface area (TPSA) is 45.2 Å². The molecule has 0 bridgehead atoms. The number of β-amino-alcohol motifs (C(OH)–C–C–N with tert-alkyl or cyclic N) is 1. The summed E-state index contributed by atoms with van der Waals surface area (Å²) in [4.78, 5) is 4.66. The third kappa shape index (κ3) is 3.98. The van der Waals surface area contributed by atoms with Gasteiger partial charge in [-0.15, -0.1) is 0 Å². The highest BCUT2D eigenvalue weighted by molar-refractivity contribution is 5.44. The van der Waals surface area contributed by atoms with Crippen LogP contribution >= 0.6 is 0 Å². The van der Waals surface area contributed by atoms with Crippen molar-refractivity contribution in [2.24, 2.45) is 0 Å². The van der Waals surface area contributed by atoms with Gasteiger partial charge in [0, 0.05) is 39.3 Å². The zero-order valence-electron chi connectivity index (χ0n) is 14.6. The molecule has 26 heavy (non-hydrogen) atoms. The summed E-state index contributed by atoms with van der Waals surface area (Å²) in [5, 5.41) is 10.4. The van der Waals surface area contributed by atoms with Gasteiger partial charge in [0.25, 0.3) is 0 Å². The molecule has 0 aromatic heterocycles. The maximum atomic E-state index is 13.0. The Morgan fingerprint density at radius 1 is 0.923 bits per heavy atom. The Hall–Kier alpha value is -2.15. The molecule has 5 nitrogen and oxygen atoms in total. The van der Waals surface area contributed by atoms with E-state index in [0.29, 0.717) is 13.3 Å². The molecule has 2 aromatic carbocycles. The van der Waals surface area contributed by atoms with Crippen LogP contribution in [0.2, 0.25) is 0 Å². The first-order valence-electron chi connectivity index (χ1n) is 8.94. The lowest BCUT2D eigenvalue weighted by Gasteiger charge is -2.35. The molecule has 0 amide bonds. The molecule has 2 heterocycles. The van der Waals surface area contributed by atoms with Crippen molar-refractivity contribution in [1.82, 2.24) is 9.80 Å². The summed E-state index contributed by atoms with van der Waals surface area (Å²) in [5.74, 6) is 1.36. The van der Waals surface area contributed by atoms with Crippen molar-refractivity contribution >= 4 is 0 Å². The van der Waals surface area contributed by atoms with Crippen LogP contribution in [-0.4, -0.2) is 54.4 Å². The van der Waals surface area contributed by atoms with E-state index in [0.717, 1.165) is 49.8 Å². The summed E-state index contributed by atoms with van der Waals surface area (Å²) in [6, 6.07) is 12.2. The van der Waals surface area contributed by atoms with Gasteiger partial charge in [0.1, 0.15) is 5.82 Å². The zero-order chi connectivity index (χ0) is 17.9. The lowest BCUT2D eigenvalue weighted by atomic mass is 10.1. The number of aliphatic hydroxyl groups excluding tert-OH is 1. The summed E-state index contributed by atoms with van der Waals surface area (Å²) in [6.07, 6.45) is -0.587. The number of rotatable bonds is 5. The van der Waals surface area contributed by atoms with Crippen LogP contribution in [0.1, 0.15) is 17.2 Å². The summed E-state index contributed by atoms with van der Waals surface area (Å²) in [7, 11) is 0. The molecule has 2 aromatic rings. The van der Waals surface area contributed by atoms with Crippen LogP contribution in [0.15, 0.2) is 42.5 Å². The Morgan fingerprint density at radius 2 is 1.62 bits per heavy atom. The molecule has 0 unspecified atom stereocenters. The van der Waals surface area contributed by atoms with Gasteiger partial charge in [0.05, 0.1) is 6.10 Å². The maximum absolute atomic E-state index is 13.0. The highest BCUT2D eigenvalue weighted by Gasteiger charge is 2.21. The van der Waals surface area contributed by atoms with Crippen LogP contribution in [-0.2, 0) is 6.54 Å². The van der Waals surface area contributed by atoms with E-state index in [1.165, 1.54) is 17.7 Å². The zero-order valence-corrected chi connectivity index (χ0v) is 14.6. The van der Waals surface area contributed by atoms with Gasteiger partial charge < -0.3 is 14.6 Å². The molecule has 4 rings (SSSR count). The Balaban J connectivity index is 1.27. The van der Waals surface area contributed by atoms with E-state index in [-0.39, 0.29) is 5.82 Å². The first kappa shape index (κ1) is 17.3. The Kier molecular flexibility index (Phi) is 5.06. The van der Waals surface area contributed by atoms with Crippen LogP contribution in [0.5, 0.6) is 11.5 Å². The number of benzene rings is 2. The standard InChI is InChI=1S/C20H23FN2O3/c21-17-4-2-16(3-5-17)18(24)13-23-9-7-22(8-10-23)12-15-1-6-19-20(11-15)26-14-25-19/h1-6,11,18,24H,7-10,12-14H2/t18-/m1/s1. The molecule has 1 atom stereocenters. The van der Waals surface area contributed by atoms with Crippen molar-refractivity contribution in [1.29, 1.82) is 0 Å². The minimum Gasteiger partial charge on any atom is -0.454 e. The van der Waals surface area contributed by atoms with Crippen LogP contribution in [0.25, 0.3) is 0 Å². The summed E-state index contributed by atoms with van der Waals surface area (Å²) >= 11 is 0. The monoisotopic (exact) mass is 358 g/mol. The quantitative estimate of drug-likeness (QED) is 0.889. The number of nitrogens with zero attached hydrogens (tertiary/aromatic N) is 2.